The van der Waals surface area contributed by atoms with Gasteiger partial charge >= 0.3 is 0 Å². The molecule has 1 aliphatic heterocycles. The van der Waals surface area contributed by atoms with Crippen molar-refractivity contribution in [3.8, 4) is 0 Å². The normalized spacial score (nSPS) is 17.5. The molecule has 0 aliphatic carbocycles. The summed E-state index contributed by atoms with van der Waals surface area (Å²) >= 11 is 1.14. The molecular weight excluding hydrogens is 324 g/mol. The summed E-state index contributed by atoms with van der Waals surface area (Å²) in [6.07, 6.45) is 2.25. The number of piperidine rings is 1. The summed E-state index contributed by atoms with van der Waals surface area (Å²) in [7, 11) is -3.68. The Kier molecular flexibility index (Phi) is 5.96. The Morgan fingerprint density at radius 1 is 1.45 bits per heavy atom. The van der Waals surface area contributed by atoms with E-state index in [0.29, 0.717) is 19.4 Å². The van der Waals surface area contributed by atoms with Crippen LogP contribution in [0.4, 0.5) is 0 Å². The van der Waals surface area contributed by atoms with Crippen LogP contribution < -0.4 is 5.32 Å². The topological polar surface area (TPSA) is 86.7 Å². The Morgan fingerprint density at radius 2 is 2.14 bits per heavy atom. The van der Waals surface area contributed by atoms with Crippen LogP contribution in [-0.2, 0) is 10.0 Å². The minimum Gasteiger partial charge on any atom is -0.393 e. The van der Waals surface area contributed by atoms with Crippen LogP contribution >= 0.6 is 11.3 Å². The summed E-state index contributed by atoms with van der Waals surface area (Å²) < 4.78 is 26.7. The molecule has 1 aromatic rings. The Labute approximate surface area is 135 Å². The van der Waals surface area contributed by atoms with E-state index in [1.807, 2.05) is 6.92 Å². The molecule has 0 atom stereocenters. The first-order valence-corrected chi connectivity index (χ1v) is 9.82. The molecular formula is C14H22N2O4S2. The number of rotatable bonds is 6. The van der Waals surface area contributed by atoms with Gasteiger partial charge in [0.25, 0.3) is 5.91 Å². The number of hydrogen-bond donors (Lipinski definition) is 2. The number of thiophene rings is 1. The average Bonchev–Trinajstić information content (AvgIpc) is 2.98. The van der Waals surface area contributed by atoms with Crippen molar-refractivity contribution < 1.29 is 18.3 Å². The molecule has 0 saturated carbocycles. The van der Waals surface area contributed by atoms with E-state index in [1.165, 1.54) is 10.4 Å². The highest BCUT2D eigenvalue weighted by Crippen LogP contribution is 2.27. The fourth-order valence-electron chi connectivity index (χ4n) is 2.35. The van der Waals surface area contributed by atoms with Gasteiger partial charge in [0.2, 0.25) is 10.0 Å². The predicted molar refractivity (Wildman–Crippen MR) is 85.6 cm³/mol. The molecule has 1 aliphatic rings. The fourth-order valence-corrected chi connectivity index (χ4v) is 5.13. The largest absolute Gasteiger partial charge is 0.393 e. The van der Waals surface area contributed by atoms with E-state index in [2.05, 4.69) is 5.32 Å². The number of aliphatic hydroxyl groups excluding tert-OH is 1. The zero-order valence-electron chi connectivity index (χ0n) is 12.6. The van der Waals surface area contributed by atoms with Gasteiger partial charge in [-0.2, -0.15) is 4.31 Å². The zero-order valence-corrected chi connectivity index (χ0v) is 14.3. The van der Waals surface area contributed by atoms with Gasteiger partial charge in [-0.1, -0.05) is 13.3 Å². The van der Waals surface area contributed by atoms with Gasteiger partial charge in [-0.25, -0.2) is 8.42 Å². The maximum absolute atomic E-state index is 12.7. The molecule has 1 fully saturated rings. The summed E-state index contributed by atoms with van der Waals surface area (Å²) in [6.45, 7) is 3.15. The minimum absolute atomic E-state index is 0.0721. The van der Waals surface area contributed by atoms with Gasteiger partial charge in [0.05, 0.1) is 6.10 Å². The third-order valence-electron chi connectivity index (χ3n) is 3.69. The zero-order chi connectivity index (χ0) is 16.2. The van der Waals surface area contributed by atoms with Crippen LogP contribution in [0.25, 0.3) is 0 Å². The molecule has 0 aromatic carbocycles. The number of aliphatic hydroxyl groups is 1. The van der Waals surface area contributed by atoms with Crippen molar-refractivity contribution in [2.24, 2.45) is 0 Å². The summed E-state index contributed by atoms with van der Waals surface area (Å²) in [5, 5.41) is 13.9. The number of nitrogens with zero attached hydrogens (tertiary/aromatic N) is 1. The lowest BCUT2D eigenvalue weighted by Gasteiger charge is -2.28. The highest BCUT2D eigenvalue weighted by Gasteiger charge is 2.32. The monoisotopic (exact) mass is 346 g/mol. The van der Waals surface area contributed by atoms with E-state index >= 15 is 0 Å². The van der Waals surface area contributed by atoms with Crippen molar-refractivity contribution in [1.29, 1.82) is 0 Å². The minimum atomic E-state index is -3.68. The lowest BCUT2D eigenvalue weighted by atomic mass is 10.1. The third kappa shape index (κ3) is 3.87. The number of carbonyl (C=O) groups excluding carboxylic acids is 1. The van der Waals surface area contributed by atoms with Crippen molar-refractivity contribution >= 4 is 27.3 Å². The first-order valence-electron chi connectivity index (χ1n) is 7.50. The average molecular weight is 346 g/mol. The number of carbonyl (C=O) groups is 1. The second-order valence-corrected chi connectivity index (χ2v) is 8.18. The van der Waals surface area contributed by atoms with Crippen molar-refractivity contribution in [2.45, 2.75) is 43.6 Å². The summed E-state index contributed by atoms with van der Waals surface area (Å²) in [5.74, 6) is -0.334. The Hall–Kier alpha value is -0.960. The number of nitrogens with one attached hydrogen (secondary N) is 1. The van der Waals surface area contributed by atoms with E-state index in [-0.39, 0.29) is 28.8 Å². The van der Waals surface area contributed by atoms with Gasteiger partial charge in [0, 0.05) is 19.6 Å². The Bertz CT molecular complexity index is 604. The standard InChI is InChI=1S/C14H22N2O4S2/c1-2-3-7-15-14(18)13-12(6-10-21-13)22(19,20)16-8-4-11(17)5-9-16/h6,10-11,17H,2-5,7-9H2,1H3,(H,15,18). The second-order valence-electron chi connectivity index (χ2n) is 5.36. The smallest absolute Gasteiger partial charge is 0.262 e. The van der Waals surface area contributed by atoms with E-state index in [4.69, 9.17) is 0 Å². The van der Waals surface area contributed by atoms with E-state index in [1.54, 1.807) is 5.38 Å². The molecule has 1 aromatic heterocycles. The summed E-state index contributed by atoms with van der Waals surface area (Å²) in [4.78, 5) is 12.5. The molecule has 1 saturated heterocycles. The van der Waals surface area contributed by atoms with Gasteiger partial charge in [-0.15, -0.1) is 11.3 Å². The molecule has 0 radical (unpaired) electrons. The fraction of sp³-hybridized carbons (Fsp3) is 0.643. The van der Waals surface area contributed by atoms with Crippen molar-refractivity contribution in [1.82, 2.24) is 9.62 Å². The summed E-state index contributed by atoms with van der Waals surface area (Å²) in [5.41, 5.74) is 0. The van der Waals surface area contributed by atoms with Crippen LogP contribution in [0.1, 0.15) is 42.3 Å². The van der Waals surface area contributed by atoms with Gasteiger partial charge < -0.3 is 10.4 Å². The Morgan fingerprint density at radius 3 is 2.77 bits per heavy atom. The number of sulfonamides is 1. The highest BCUT2D eigenvalue weighted by atomic mass is 32.2. The Balaban J connectivity index is 2.15. The van der Waals surface area contributed by atoms with Gasteiger partial charge in [0.1, 0.15) is 9.77 Å². The van der Waals surface area contributed by atoms with E-state index in [9.17, 15) is 18.3 Å². The second kappa shape index (κ2) is 7.54. The molecule has 22 heavy (non-hydrogen) atoms. The predicted octanol–water partition coefficient (Wildman–Crippen LogP) is 1.42. The number of amides is 1. The SMILES string of the molecule is CCCCNC(=O)c1sccc1S(=O)(=O)N1CCC(O)CC1. The van der Waals surface area contributed by atoms with Crippen LogP contribution in [0.15, 0.2) is 16.3 Å². The van der Waals surface area contributed by atoms with Crippen LogP contribution in [0.3, 0.4) is 0 Å². The molecule has 1 amide bonds. The third-order valence-corrected chi connectivity index (χ3v) is 6.68. The molecule has 2 rings (SSSR count). The van der Waals surface area contributed by atoms with Gasteiger partial charge in [-0.05, 0) is 30.7 Å². The van der Waals surface area contributed by atoms with E-state index < -0.39 is 16.1 Å². The highest BCUT2D eigenvalue weighted by molar-refractivity contribution is 7.89. The quantitative estimate of drug-likeness (QED) is 0.763. The molecule has 0 unspecified atom stereocenters. The molecule has 0 bridgehead atoms. The van der Waals surface area contributed by atoms with E-state index in [0.717, 1.165) is 24.2 Å². The lowest BCUT2D eigenvalue weighted by Crippen LogP contribution is -2.40. The maximum Gasteiger partial charge on any atom is 0.262 e. The molecule has 6 nitrogen and oxygen atoms in total. The molecule has 124 valence electrons. The maximum atomic E-state index is 12.7. The molecule has 0 spiro atoms. The lowest BCUT2D eigenvalue weighted by molar-refractivity contribution is 0.0952. The van der Waals surface area contributed by atoms with Crippen molar-refractivity contribution in [2.75, 3.05) is 19.6 Å². The molecule has 2 N–H and O–H groups in total. The summed E-state index contributed by atoms with van der Waals surface area (Å²) in [6, 6.07) is 1.49. The van der Waals surface area contributed by atoms with Crippen molar-refractivity contribution in [3.63, 3.8) is 0 Å². The first-order chi connectivity index (χ1) is 10.5. The van der Waals surface area contributed by atoms with Crippen molar-refractivity contribution in [3.05, 3.63) is 16.3 Å². The number of unbranched alkanes of at least 4 members (excludes halogenated alkanes) is 1. The van der Waals surface area contributed by atoms with Gasteiger partial charge in [-0.3, -0.25) is 4.79 Å². The van der Waals surface area contributed by atoms with Crippen LogP contribution in [-0.4, -0.2) is 49.5 Å². The van der Waals surface area contributed by atoms with Crippen LogP contribution in [0.5, 0.6) is 0 Å². The van der Waals surface area contributed by atoms with Crippen LogP contribution in [0.2, 0.25) is 0 Å². The molecule has 2 heterocycles. The number of hydrogen-bond acceptors (Lipinski definition) is 5. The van der Waals surface area contributed by atoms with Gasteiger partial charge in [0.15, 0.2) is 0 Å². The molecule has 8 heteroatoms. The first kappa shape index (κ1) is 17.4. The van der Waals surface area contributed by atoms with Crippen LogP contribution in [0, 0.1) is 0 Å².